The second-order valence-corrected chi connectivity index (χ2v) is 7.31. The molecule has 2 aromatic carbocycles. The first kappa shape index (κ1) is 16.7. The molecule has 0 atom stereocenters. The molecule has 4 nitrogen and oxygen atoms in total. The zero-order chi connectivity index (χ0) is 18.1. The molecule has 0 amide bonds. The molecular formula is C21H19N2O2S+. The number of aryl methyl sites for hydroxylation is 1. The quantitative estimate of drug-likeness (QED) is 0.710. The van der Waals surface area contributed by atoms with Gasteiger partial charge in [-0.05, 0) is 29.8 Å². The number of carboxylic acid groups (broad SMARTS) is 1. The van der Waals surface area contributed by atoms with E-state index in [0.717, 1.165) is 21.2 Å². The molecule has 1 aromatic heterocycles. The van der Waals surface area contributed by atoms with Gasteiger partial charge < -0.3 is 10.0 Å². The smallest absolute Gasteiger partial charge is 0.305 e. The normalized spacial score (nSPS) is 14.8. The number of fused-ring (bicyclic) bond motifs is 2. The molecule has 0 saturated heterocycles. The van der Waals surface area contributed by atoms with E-state index in [-0.39, 0.29) is 6.42 Å². The maximum atomic E-state index is 11.1. The predicted molar refractivity (Wildman–Crippen MR) is 105 cm³/mol. The van der Waals surface area contributed by atoms with Crippen LogP contribution < -0.4 is 9.47 Å². The van der Waals surface area contributed by atoms with E-state index in [4.69, 9.17) is 5.11 Å². The second kappa shape index (κ2) is 6.84. The van der Waals surface area contributed by atoms with Crippen LogP contribution in [0.1, 0.15) is 12.0 Å². The van der Waals surface area contributed by atoms with E-state index in [9.17, 15) is 4.79 Å². The van der Waals surface area contributed by atoms with Gasteiger partial charge in [0.15, 0.2) is 6.20 Å². The van der Waals surface area contributed by atoms with Crippen LogP contribution in [-0.2, 0) is 11.8 Å². The van der Waals surface area contributed by atoms with Gasteiger partial charge in [0.1, 0.15) is 7.05 Å². The molecular weight excluding hydrogens is 344 g/mol. The number of aliphatic carboxylic acids is 1. The Bertz CT molecular complexity index is 1030. The molecule has 4 rings (SSSR count). The summed E-state index contributed by atoms with van der Waals surface area (Å²) in [5.74, 6) is -0.782. The standard InChI is InChI=1S/C21H18N2O2S/c1-22-12-10-15(16-6-2-3-7-17(16)22)14-20-23(13-11-21(24)25)18-8-4-5-9-19(18)26-20/h2-10,12,14H,11,13H2,1H3/p+1. The third-order valence-electron chi connectivity index (χ3n) is 4.54. The summed E-state index contributed by atoms with van der Waals surface area (Å²) < 4.78 is 2.11. The molecule has 130 valence electrons. The van der Waals surface area contributed by atoms with Crippen LogP contribution in [0.3, 0.4) is 0 Å². The Morgan fingerprint density at radius 3 is 2.77 bits per heavy atom. The largest absolute Gasteiger partial charge is 0.481 e. The first-order valence-corrected chi connectivity index (χ1v) is 9.30. The van der Waals surface area contributed by atoms with Crippen molar-refractivity contribution in [2.45, 2.75) is 11.3 Å². The van der Waals surface area contributed by atoms with Crippen molar-refractivity contribution in [2.75, 3.05) is 11.4 Å². The number of thioether (sulfide) groups is 1. The Balaban J connectivity index is 1.79. The fourth-order valence-corrected chi connectivity index (χ4v) is 4.39. The van der Waals surface area contributed by atoms with Crippen LogP contribution in [0.15, 0.2) is 70.7 Å². The van der Waals surface area contributed by atoms with Gasteiger partial charge in [0.25, 0.3) is 0 Å². The number of hydrogen-bond donors (Lipinski definition) is 1. The van der Waals surface area contributed by atoms with Crippen molar-refractivity contribution >= 4 is 40.4 Å². The first-order chi connectivity index (χ1) is 12.6. The lowest BCUT2D eigenvalue weighted by Gasteiger charge is -2.19. The maximum absolute atomic E-state index is 11.1. The third kappa shape index (κ3) is 3.06. The van der Waals surface area contributed by atoms with Gasteiger partial charge >= 0.3 is 5.97 Å². The van der Waals surface area contributed by atoms with E-state index in [1.165, 1.54) is 10.9 Å². The van der Waals surface area contributed by atoms with Crippen LogP contribution in [-0.4, -0.2) is 17.6 Å². The van der Waals surface area contributed by atoms with E-state index in [2.05, 4.69) is 46.0 Å². The molecule has 1 N–H and O–H groups in total. The molecule has 0 unspecified atom stereocenters. The average molecular weight is 363 g/mol. The Kier molecular flexibility index (Phi) is 4.39. The molecule has 5 heteroatoms. The van der Waals surface area contributed by atoms with Crippen LogP contribution in [0.5, 0.6) is 0 Å². The van der Waals surface area contributed by atoms with Gasteiger partial charge in [0.2, 0.25) is 5.52 Å². The second-order valence-electron chi connectivity index (χ2n) is 6.25. The van der Waals surface area contributed by atoms with Crippen LogP contribution in [0.25, 0.3) is 17.0 Å². The van der Waals surface area contributed by atoms with Gasteiger partial charge in [-0.3, -0.25) is 4.79 Å². The van der Waals surface area contributed by atoms with Gasteiger partial charge in [-0.15, -0.1) is 0 Å². The number of aromatic nitrogens is 1. The molecule has 3 aromatic rings. The molecule has 0 bridgehead atoms. The van der Waals surface area contributed by atoms with E-state index >= 15 is 0 Å². The van der Waals surface area contributed by atoms with Crippen molar-refractivity contribution in [3.8, 4) is 0 Å². The number of rotatable bonds is 4. The molecule has 1 aliphatic heterocycles. The maximum Gasteiger partial charge on any atom is 0.305 e. The minimum absolute atomic E-state index is 0.108. The molecule has 2 heterocycles. The summed E-state index contributed by atoms with van der Waals surface area (Å²) in [5.41, 5.74) is 3.38. The van der Waals surface area contributed by atoms with Crippen LogP contribution >= 0.6 is 11.8 Å². The number of hydrogen-bond acceptors (Lipinski definition) is 3. The lowest BCUT2D eigenvalue weighted by molar-refractivity contribution is -0.644. The van der Waals surface area contributed by atoms with Crippen molar-refractivity contribution in [3.05, 3.63) is 71.4 Å². The molecule has 1 aliphatic rings. The predicted octanol–water partition coefficient (Wildman–Crippen LogP) is 4.05. The summed E-state index contributed by atoms with van der Waals surface area (Å²) in [5, 5.41) is 11.4. The van der Waals surface area contributed by atoms with Crippen molar-refractivity contribution in [1.29, 1.82) is 0 Å². The molecule has 0 spiro atoms. The number of para-hydroxylation sites is 2. The fraction of sp³-hybridized carbons (Fsp3) is 0.143. The van der Waals surface area contributed by atoms with Crippen LogP contribution in [0.2, 0.25) is 0 Å². The molecule has 0 fully saturated rings. The van der Waals surface area contributed by atoms with Crippen LogP contribution in [0, 0.1) is 0 Å². The number of carboxylic acids is 1. The van der Waals surface area contributed by atoms with Crippen molar-refractivity contribution in [2.24, 2.45) is 7.05 Å². The fourth-order valence-electron chi connectivity index (χ4n) is 3.24. The highest BCUT2D eigenvalue weighted by atomic mass is 32.2. The zero-order valence-corrected chi connectivity index (χ0v) is 15.2. The lowest BCUT2D eigenvalue weighted by atomic mass is 10.1. The Morgan fingerprint density at radius 2 is 1.92 bits per heavy atom. The van der Waals surface area contributed by atoms with Gasteiger partial charge in [-0.1, -0.05) is 36.0 Å². The monoisotopic (exact) mass is 363 g/mol. The minimum atomic E-state index is -0.782. The van der Waals surface area contributed by atoms with Gasteiger partial charge in [-0.25, -0.2) is 4.57 Å². The Hall–Kier alpha value is -2.79. The highest BCUT2D eigenvalue weighted by Crippen LogP contribution is 2.46. The number of nitrogens with zero attached hydrogens (tertiary/aromatic N) is 2. The molecule has 0 radical (unpaired) electrons. The molecule has 0 saturated carbocycles. The summed E-state index contributed by atoms with van der Waals surface area (Å²) in [4.78, 5) is 14.4. The Labute approximate surface area is 156 Å². The molecule has 0 aliphatic carbocycles. The lowest BCUT2D eigenvalue weighted by Crippen LogP contribution is -2.28. The van der Waals surface area contributed by atoms with E-state index < -0.39 is 5.97 Å². The summed E-state index contributed by atoms with van der Waals surface area (Å²) in [6.45, 7) is 0.462. The van der Waals surface area contributed by atoms with Crippen molar-refractivity contribution < 1.29 is 14.5 Å². The topological polar surface area (TPSA) is 44.4 Å². The summed E-state index contributed by atoms with van der Waals surface area (Å²) >= 11 is 1.69. The zero-order valence-electron chi connectivity index (χ0n) is 14.4. The summed E-state index contributed by atoms with van der Waals surface area (Å²) in [6.07, 6.45) is 4.33. The first-order valence-electron chi connectivity index (χ1n) is 8.49. The van der Waals surface area contributed by atoms with Crippen molar-refractivity contribution in [1.82, 2.24) is 0 Å². The van der Waals surface area contributed by atoms with Gasteiger partial charge in [0, 0.05) is 23.6 Å². The van der Waals surface area contributed by atoms with Gasteiger partial charge in [-0.2, -0.15) is 0 Å². The number of carbonyl (C=O) groups is 1. The summed E-state index contributed by atoms with van der Waals surface area (Å²) in [7, 11) is 2.04. The Morgan fingerprint density at radius 1 is 1.15 bits per heavy atom. The summed E-state index contributed by atoms with van der Waals surface area (Å²) in [6, 6.07) is 18.6. The van der Waals surface area contributed by atoms with Crippen molar-refractivity contribution in [3.63, 3.8) is 0 Å². The number of pyridine rings is 1. The van der Waals surface area contributed by atoms with Gasteiger partial charge in [0.05, 0.1) is 22.5 Å². The SMILES string of the molecule is C[n+]1ccc(C=C2Sc3ccccc3N2CCC(=O)O)c2ccccc21. The third-order valence-corrected chi connectivity index (χ3v) is 5.65. The van der Waals surface area contributed by atoms with Crippen LogP contribution in [0.4, 0.5) is 5.69 Å². The highest BCUT2D eigenvalue weighted by molar-refractivity contribution is 8.03. The number of benzene rings is 2. The number of anilines is 1. The average Bonchev–Trinajstić information content (AvgIpc) is 2.99. The van der Waals surface area contributed by atoms with E-state index in [1.54, 1.807) is 11.8 Å². The highest BCUT2D eigenvalue weighted by Gasteiger charge is 2.25. The van der Waals surface area contributed by atoms with E-state index in [0.29, 0.717) is 6.54 Å². The van der Waals surface area contributed by atoms with E-state index in [1.807, 2.05) is 37.4 Å². The molecule has 26 heavy (non-hydrogen) atoms. The minimum Gasteiger partial charge on any atom is -0.481 e.